The number of amides is 1. The molecular weight excluding hydrogens is 408 g/mol. The predicted molar refractivity (Wildman–Crippen MR) is 122 cm³/mol. The molecule has 1 aliphatic carbocycles. The topological polar surface area (TPSA) is 57.7 Å². The maximum atomic E-state index is 13.3. The average molecular weight is 439 g/mol. The molecule has 6 heteroatoms. The molecule has 0 aromatic heterocycles. The molecule has 2 aromatic rings. The lowest BCUT2D eigenvalue weighted by molar-refractivity contribution is -0.123. The van der Waals surface area contributed by atoms with Gasteiger partial charge in [0.15, 0.2) is 0 Å². The van der Waals surface area contributed by atoms with Crippen LogP contribution in [0.4, 0.5) is 5.69 Å². The first kappa shape index (κ1) is 20.7. The predicted octanol–water partition coefficient (Wildman–Crippen LogP) is 3.95. The number of aryl methyl sites for hydroxylation is 3. The number of anilines is 1. The highest BCUT2D eigenvalue weighted by Gasteiger charge is 2.35. The van der Waals surface area contributed by atoms with Gasteiger partial charge in [-0.1, -0.05) is 24.3 Å². The summed E-state index contributed by atoms with van der Waals surface area (Å²) in [7, 11) is -3.51. The zero-order valence-electron chi connectivity index (χ0n) is 17.9. The first-order valence-corrected chi connectivity index (χ1v) is 13.0. The lowest BCUT2D eigenvalue weighted by atomic mass is 9.92. The number of benzene rings is 2. The maximum absolute atomic E-state index is 13.3. The maximum Gasteiger partial charge on any atom is 0.243 e. The molecule has 0 bridgehead atoms. The van der Waals surface area contributed by atoms with E-state index in [1.54, 1.807) is 10.4 Å². The molecule has 0 spiro atoms. The summed E-state index contributed by atoms with van der Waals surface area (Å²) in [6.45, 7) is 1.57. The Morgan fingerprint density at radius 2 is 1.52 bits per heavy atom. The first-order valence-electron chi connectivity index (χ1n) is 11.6. The van der Waals surface area contributed by atoms with Crippen LogP contribution in [0.25, 0.3) is 0 Å². The van der Waals surface area contributed by atoms with E-state index in [1.165, 1.54) is 23.1 Å². The molecule has 0 radical (unpaired) electrons. The molecule has 2 aliphatic heterocycles. The molecule has 2 heterocycles. The molecule has 164 valence electrons. The summed E-state index contributed by atoms with van der Waals surface area (Å²) in [5.74, 6) is 0.0408. The van der Waals surface area contributed by atoms with Gasteiger partial charge in [0.1, 0.15) is 0 Å². The van der Waals surface area contributed by atoms with Crippen LogP contribution in [-0.4, -0.2) is 38.3 Å². The lowest BCUT2D eigenvalue weighted by Gasteiger charge is -2.36. The van der Waals surface area contributed by atoms with Gasteiger partial charge in [-0.3, -0.25) is 4.79 Å². The second-order valence-electron chi connectivity index (χ2n) is 9.04. The number of hydrogen-bond acceptors (Lipinski definition) is 3. The van der Waals surface area contributed by atoms with E-state index in [2.05, 4.69) is 6.07 Å². The van der Waals surface area contributed by atoms with Crippen molar-refractivity contribution in [3.05, 3.63) is 59.2 Å². The minimum absolute atomic E-state index is 0.110. The summed E-state index contributed by atoms with van der Waals surface area (Å²) in [5.41, 5.74) is 4.73. The fourth-order valence-corrected chi connectivity index (χ4v) is 6.87. The van der Waals surface area contributed by atoms with Crippen LogP contribution in [0.2, 0.25) is 0 Å². The molecule has 0 atom stereocenters. The highest BCUT2D eigenvalue weighted by molar-refractivity contribution is 7.89. The number of sulfonamides is 1. The summed E-state index contributed by atoms with van der Waals surface area (Å²) in [5, 5.41) is 0. The van der Waals surface area contributed by atoms with Crippen LogP contribution >= 0.6 is 0 Å². The van der Waals surface area contributed by atoms with E-state index in [9.17, 15) is 13.2 Å². The number of piperidine rings is 1. The molecule has 1 fully saturated rings. The second kappa shape index (κ2) is 8.40. The monoisotopic (exact) mass is 438 g/mol. The summed E-state index contributed by atoms with van der Waals surface area (Å²) in [6.07, 6.45) is 7.48. The van der Waals surface area contributed by atoms with Gasteiger partial charge in [0.05, 0.1) is 4.90 Å². The van der Waals surface area contributed by atoms with Gasteiger partial charge < -0.3 is 4.90 Å². The first-order chi connectivity index (χ1) is 15.0. The van der Waals surface area contributed by atoms with Gasteiger partial charge in [0.25, 0.3) is 0 Å². The smallest absolute Gasteiger partial charge is 0.243 e. The Kier molecular flexibility index (Phi) is 5.61. The van der Waals surface area contributed by atoms with Crippen molar-refractivity contribution in [2.24, 2.45) is 5.92 Å². The van der Waals surface area contributed by atoms with Gasteiger partial charge in [-0.2, -0.15) is 4.31 Å². The van der Waals surface area contributed by atoms with E-state index in [1.807, 2.05) is 35.2 Å². The summed E-state index contributed by atoms with van der Waals surface area (Å²) in [6, 6.07) is 13.8. The largest absolute Gasteiger partial charge is 0.312 e. The number of para-hydroxylation sites is 1. The molecule has 5 rings (SSSR count). The third-order valence-corrected chi connectivity index (χ3v) is 9.03. The fraction of sp³-hybridized carbons (Fsp3) is 0.480. The quantitative estimate of drug-likeness (QED) is 0.729. The summed E-state index contributed by atoms with van der Waals surface area (Å²) in [4.78, 5) is 15.6. The molecule has 1 saturated heterocycles. The summed E-state index contributed by atoms with van der Waals surface area (Å²) < 4.78 is 28.1. The zero-order chi connectivity index (χ0) is 21.4. The van der Waals surface area contributed by atoms with Crippen molar-refractivity contribution in [1.29, 1.82) is 0 Å². The Hall–Kier alpha value is -2.18. The number of nitrogens with zero attached hydrogens (tertiary/aromatic N) is 2. The molecule has 0 N–H and O–H groups in total. The van der Waals surface area contributed by atoms with E-state index in [4.69, 9.17) is 0 Å². The van der Waals surface area contributed by atoms with Crippen LogP contribution in [0, 0.1) is 5.92 Å². The minimum atomic E-state index is -3.51. The molecule has 2 aromatic carbocycles. The Morgan fingerprint density at radius 1 is 0.806 bits per heavy atom. The highest BCUT2D eigenvalue weighted by atomic mass is 32.2. The number of carbonyl (C=O) groups excluding carboxylic acids is 1. The van der Waals surface area contributed by atoms with Crippen molar-refractivity contribution in [2.45, 2.75) is 56.3 Å². The number of rotatable bonds is 3. The number of fused-ring (bicyclic) bond motifs is 2. The standard InChI is InChI=1S/C25H30N2O3S/c28-25(27-15-5-9-20-7-3-4-10-24(20)27)21-13-16-26(17-14-21)31(29,30)23-12-11-19-6-1-2-8-22(19)18-23/h3-4,7,10-12,18,21H,1-2,5-6,8-9,13-17H2. The van der Waals surface area contributed by atoms with Crippen molar-refractivity contribution >= 4 is 21.6 Å². The van der Waals surface area contributed by atoms with Gasteiger partial charge in [-0.05, 0) is 86.3 Å². The SMILES string of the molecule is O=C(C1CCN(S(=O)(=O)c2ccc3c(c2)CCCC3)CC1)N1CCCc2ccccc21. The Morgan fingerprint density at radius 3 is 2.32 bits per heavy atom. The number of carbonyl (C=O) groups is 1. The number of hydrogen-bond donors (Lipinski definition) is 0. The van der Waals surface area contributed by atoms with E-state index in [0.717, 1.165) is 44.3 Å². The third kappa shape index (κ3) is 3.92. The summed E-state index contributed by atoms with van der Waals surface area (Å²) >= 11 is 0. The molecule has 1 amide bonds. The van der Waals surface area contributed by atoms with Gasteiger partial charge >= 0.3 is 0 Å². The van der Waals surface area contributed by atoms with Crippen molar-refractivity contribution in [3.8, 4) is 0 Å². The minimum Gasteiger partial charge on any atom is -0.312 e. The van der Waals surface area contributed by atoms with E-state index >= 15 is 0 Å². The highest BCUT2D eigenvalue weighted by Crippen LogP contribution is 2.32. The van der Waals surface area contributed by atoms with Crippen molar-refractivity contribution in [1.82, 2.24) is 4.31 Å². The van der Waals surface area contributed by atoms with Crippen LogP contribution in [0.3, 0.4) is 0 Å². The van der Waals surface area contributed by atoms with Gasteiger partial charge in [-0.25, -0.2) is 8.42 Å². The molecule has 3 aliphatic rings. The molecule has 31 heavy (non-hydrogen) atoms. The Balaban J connectivity index is 1.28. The van der Waals surface area contributed by atoms with Crippen molar-refractivity contribution in [2.75, 3.05) is 24.5 Å². The van der Waals surface area contributed by atoms with Crippen LogP contribution in [0.5, 0.6) is 0 Å². The van der Waals surface area contributed by atoms with Gasteiger partial charge in [0, 0.05) is 31.2 Å². The third-order valence-electron chi connectivity index (χ3n) is 7.14. The van der Waals surface area contributed by atoms with Crippen LogP contribution in [-0.2, 0) is 34.1 Å². The Bertz CT molecular complexity index is 1090. The fourth-order valence-electron chi connectivity index (χ4n) is 5.35. The molecule has 5 nitrogen and oxygen atoms in total. The van der Waals surface area contributed by atoms with Gasteiger partial charge in [-0.15, -0.1) is 0 Å². The molecular formula is C25H30N2O3S. The van der Waals surface area contributed by atoms with Crippen LogP contribution in [0.1, 0.15) is 48.8 Å². The van der Waals surface area contributed by atoms with Crippen molar-refractivity contribution < 1.29 is 13.2 Å². The van der Waals surface area contributed by atoms with E-state index in [0.29, 0.717) is 30.8 Å². The average Bonchev–Trinajstić information content (AvgIpc) is 2.83. The Labute approximate surface area is 185 Å². The molecule has 0 unspecified atom stereocenters. The van der Waals surface area contributed by atoms with Gasteiger partial charge in [0.2, 0.25) is 15.9 Å². The van der Waals surface area contributed by atoms with Crippen molar-refractivity contribution in [3.63, 3.8) is 0 Å². The lowest BCUT2D eigenvalue weighted by Crippen LogP contribution is -2.45. The second-order valence-corrected chi connectivity index (χ2v) is 11.0. The van der Waals surface area contributed by atoms with E-state index < -0.39 is 10.0 Å². The zero-order valence-corrected chi connectivity index (χ0v) is 18.7. The van der Waals surface area contributed by atoms with Crippen LogP contribution < -0.4 is 4.90 Å². The normalized spacial score (nSPS) is 20.2. The van der Waals surface area contributed by atoms with Crippen LogP contribution in [0.15, 0.2) is 47.4 Å². The molecule has 0 saturated carbocycles. The van der Waals surface area contributed by atoms with E-state index in [-0.39, 0.29) is 11.8 Å².